The Bertz CT molecular complexity index is 349. The highest BCUT2D eigenvalue weighted by molar-refractivity contribution is 5.77. The first-order valence-corrected chi connectivity index (χ1v) is 8.04. The molecule has 0 aliphatic heterocycles. The highest BCUT2D eigenvalue weighted by Gasteiger charge is 2.40. The molecule has 0 rings (SSSR count). The smallest absolute Gasteiger partial charge is 0.220 e. The third-order valence-corrected chi connectivity index (χ3v) is 4.62. The molecule has 0 bridgehead atoms. The van der Waals surface area contributed by atoms with E-state index in [1.165, 1.54) is 0 Å². The van der Waals surface area contributed by atoms with Gasteiger partial charge in [-0.2, -0.15) is 0 Å². The minimum absolute atomic E-state index is 0.00579. The van der Waals surface area contributed by atoms with Gasteiger partial charge in [0.2, 0.25) is 5.91 Å². The van der Waals surface area contributed by atoms with Crippen molar-refractivity contribution in [3.05, 3.63) is 0 Å². The van der Waals surface area contributed by atoms with Crippen LogP contribution >= 0.6 is 0 Å². The van der Waals surface area contributed by atoms with Crippen molar-refractivity contribution in [3.8, 4) is 0 Å². The lowest BCUT2D eigenvalue weighted by atomic mass is 9.61. The highest BCUT2D eigenvalue weighted by atomic mass is 16.3. The lowest BCUT2D eigenvalue weighted by Crippen LogP contribution is -2.49. The third kappa shape index (κ3) is 7.30. The molecule has 1 amide bonds. The second-order valence-corrected chi connectivity index (χ2v) is 9.59. The van der Waals surface area contributed by atoms with Crippen LogP contribution in [0, 0.1) is 16.2 Å². The van der Waals surface area contributed by atoms with Crippen molar-refractivity contribution in [1.29, 1.82) is 0 Å². The van der Waals surface area contributed by atoms with E-state index >= 15 is 0 Å². The zero-order chi connectivity index (χ0) is 17.1. The van der Waals surface area contributed by atoms with Crippen molar-refractivity contribution < 1.29 is 9.90 Å². The van der Waals surface area contributed by atoms with Crippen LogP contribution in [0.25, 0.3) is 0 Å². The number of nitrogens with one attached hydrogen (secondary N) is 1. The van der Waals surface area contributed by atoms with E-state index in [9.17, 15) is 9.90 Å². The van der Waals surface area contributed by atoms with Gasteiger partial charge in [0.25, 0.3) is 0 Å². The predicted octanol–water partition coefficient (Wildman–Crippen LogP) is 4.14. The summed E-state index contributed by atoms with van der Waals surface area (Å²) in [7, 11) is 0. The van der Waals surface area contributed by atoms with Gasteiger partial charge in [-0.05, 0) is 42.9 Å². The number of rotatable bonds is 7. The minimum Gasteiger partial charge on any atom is -0.396 e. The molecule has 126 valence electrons. The van der Waals surface area contributed by atoms with Gasteiger partial charge in [0, 0.05) is 18.6 Å². The number of carbonyl (C=O) groups excluding carboxylic acids is 1. The third-order valence-electron chi connectivity index (χ3n) is 4.62. The molecule has 2 N–H and O–H groups in total. The summed E-state index contributed by atoms with van der Waals surface area (Å²) in [5.74, 6) is 0.114. The molecular formula is C18H37NO2. The number of hydrogen-bond donors (Lipinski definition) is 2. The Hall–Kier alpha value is -0.570. The number of amides is 1. The molecule has 3 heteroatoms. The van der Waals surface area contributed by atoms with Crippen LogP contribution < -0.4 is 5.32 Å². The Kier molecular flexibility index (Phi) is 6.50. The Morgan fingerprint density at radius 1 is 0.905 bits per heavy atom. The molecule has 0 saturated heterocycles. The lowest BCUT2D eigenvalue weighted by molar-refractivity contribution is -0.125. The van der Waals surface area contributed by atoms with Crippen molar-refractivity contribution in [2.45, 2.75) is 87.1 Å². The zero-order valence-corrected chi connectivity index (χ0v) is 15.7. The van der Waals surface area contributed by atoms with Gasteiger partial charge in [0.15, 0.2) is 0 Å². The molecule has 0 aliphatic carbocycles. The monoisotopic (exact) mass is 299 g/mol. The molecule has 0 aliphatic rings. The van der Waals surface area contributed by atoms with Crippen LogP contribution in [-0.4, -0.2) is 23.2 Å². The Balaban J connectivity index is 4.83. The van der Waals surface area contributed by atoms with E-state index in [2.05, 4.69) is 67.6 Å². The summed E-state index contributed by atoms with van der Waals surface area (Å²) in [6, 6.07) is 0. The Labute approximate surface area is 131 Å². The fourth-order valence-corrected chi connectivity index (χ4v) is 2.91. The molecule has 0 radical (unpaired) electrons. The van der Waals surface area contributed by atoms with Crippen molar-refractivity contribution in [1.82, 2.24) is 5.32 Å². The Morgan fingerprint density at radius 3 is 1.76 bits per heavy atom. The molecule has 0 saturated carbocycles. The summed E-state index contributed by atoms with van der Waals surface area (Å²) in [5, 5.41) is 12.4. The van der Waals surface area contributed by atoms with Gasteiger partial charge >= 0.3 is 0 Å². The number of aliphatic hydroxyl groups excluding tert-OH is 1. The maximum atomic E-state index is 12.2. The zero-order valence-electron chi connectivity index (χ0n) is 15.7. The van der Waals surface area contributed by atoms with Crippen LogP contribution in [0.5, 0.6) is 0 Å². The van der Waals surface area contributed by atoms with E-state index in [-0.39, 0.29) is 34.3 Å². The summed E-state index contributed by atoms with van der Waals surface area (Å²) in [6.07, 6.45) is 2.19. The van der Waals surface area contributed by atoms with Gasteiger partial charge in [-0.3, -0.25) is 4.79 Å². The van der Waals surface area contributed by atoms with Crippen LogP contribution in [0.3, 0.4) is 0 Å². The molecule has 3 nitrogen and oxygen atoms in total. The quantitative estimate of drug-likeness (QED) is 0.742. The summed E-state index contributed by atoms with van der Waals surface area (Å²) >= 11 is 0. The highest BCUT2D eigenvalue weighted by Crippen LogP contribution is 2.46. The van der Waals surface area contributed by atoms with Crippen LogP contribution in [0.4, 0.5) is 0 Å². The second-order valence-electron chi connectivity index (χ2n) is 9.59. The van der Waals surface area contributed by atoms with Gasteiger partial charge in [-0.25, -0.2) is 0 Å². The molecule has 0 aromatic rings. The largest absolute Gasteiger partial charge is 0.396 e. The minimum atomic E-state index is -0.251. The first-order valence-electron chi connectivity index (χ1n) is 8.04. The van der Waals surface area contributed by atoms with Crippen molar-refractivity contribution in [2.75, 3.05) is 6.61 Å². The molecular weight excluding hydrogens is 262 g/mol. The molecule has 0 spiro atoms. The van der Waals surface area contributed by atoms with E-state index in [4.69, 9.17) is 0 Å². The fraction of sp³-hybridized carbons (Fsp3) is 0.944. The summed E-state index contributed by atoms with van der Waals surface area (Å²) in [4.78, 5) is 12.2. The number of hydrogen-bond acceptors (Lipinski definition) is 2. The van der Waals surface area contributed by atoms with E-state index in [0.29, 0.717) is 6.42 Å². The van der Waals surface area contributed by atoms with E-state index in [0.717, 1.165) is 12.8 Å². The first kappa shape index (κ1) is 20.4. The average molecular weight is 299 g/mol. The number of aliphatic hydroxyl groups is 1. The maximum Gasteiger partial charge on any atom is 0.220 e. The molecule has 21 heavy (non-hydrogen) atoms. The summed E-state index contributed by atoms with van der Waals surface area (Å²) < 4.78 is 0. The number of carbonyl (C=O) groups is 1. The SMILES string of the molecule is CC(C)(C)CC(=O)NC(C)(C)CC(C)(C)C(C)(C)CCO. The topological polar surface area (TPSA) is 49.3 Å². The summed E-state index contributed by atoms with van der Waals surface area (Å²) in [6.45, 7) is 19.4. The van der Waals surface area contributed by atoms with Gasteiger partial charge in [-0.1, -0.05) is 48.5 Å². The molecule has 0 heterocycles. The second kappa shape index (κ2) is 6.68. The van der Waals surface area contributed by atoms with Crippen molar-refractivity contribution in [2.24, 2.45) is 16.2 Å². The molecule has 0 unspecified atom stereocenters. The predicted molar refractivity (Wildman–Crippen MR) is 90.2 cm³/mol. The van der Waals surface area contributed by atoms with Crippen LogP contribution in [-0.2, 0) is 4.79 Å². The van der Waals surface area contributed by atoms with E-state index in [1.807, 2.05) is 0 Å². The van der Waals surface area contributed by atoms with Crippen LogP contribution in [0.1, 0.15) is 81.6 Å². The fourth-order valence-electron chi connectivity index (χ4n) is 2.91. The van der Waals surface area contributed by atoms with Crippen LogP contribution in [0.2, 0.25) is 0 Å². The average Bonchev–Trinajstić information content (AvgIpc) is 2.09. The first-order chi connectivity index (χ1) is 9.12. The maximum absolute atomic E-state index is 12.2. The van der Waals surface area contributed by atoms with Gasteiger partial charge in [-0.15, -0.1) is 0 Å². The lowest BCUT2D eigenvalue weighted by Gasteiger charge is -2.46. The van der Waals surface area contributed by atoms with E-state index < -0.39 is 0 Å². The molecule has 0 fully saturated rings. The standard InChI is InChI=1S/C18H37NO2/c1-15(2,3)12-14(21)19-18(8,9)13-17(6,7)16(4,5)10-11-20/h20H,10-13H2,1-9H3,(H,19,21). The van der Waals surface area contributed by atoms with Crippen LogP contribution in [0.15, 0.2) is 0 Å². The van der Waals surface area contributed by atoms with Crippen molar-refractivity contribution >= 4 is 5.91 Å². The van der Waals surface area contributed by atoms with Gasteiger partial charge in [0.1, 0.15) is 0 Å². The van der Waals surface area contributed by atoms with Gasteiger partial charge < -0.3 is 10.4 Å². The summed E-state index contributed by atoms with van der Waals surface area (Å²) in [5.41, 5.74) is -0.202. The molecule has 0 aromatic heterocycles. The van der Waals surface area contributed by atoms with Crippen molar-refractivity contribution in [3.63, 3.8) is 0 Å². The normalized spacial score (nSPS) is 14.2. The van der Waals surface area contributed by atoms with Gasteiger partial charge in [0.05, 0.1) is 0 Å². The Morgan fingerprint density at radius 2 is 1.38 bits per heavy atom. The van der Waals surface area contributed by atoms with E-state index in [1.54, 1.807) is 0 Å². The molecule has 0 aromatic carbocycles. The molecule has 0 atom stereocenters.